The lowest BCUT2D eigenvalue weighted by atomic mass is 9.91. The zero-order valence-corrected chi connectivity index (χ0v) is 16.1. The fraction of sp³-hybridized carbons (Fsp3) is 0.350. The highest BCUT2D eigenvalue weighted by Crippen LogP contribution is 2.26. The molecule has 0 radical (unpaired) electrons. The largest absolute Gasteiger partial charge is 0.345 e. The molecule has 1 unspecified atom stereocenters. The second-order valence-electron chi connectivity index (χ2n) is 6.63. The van der Waals surface area contributed by atoms with Crippen LogP contribution in [0, 0.1) is 11.7 Å². The fourth-order valence-corrected chi connectivity index (χ4v) is 3.56. The van der Waals surface area contributed by atoms with Gasteiger partial charge in [-0.15, -0.1) is 12.4 Å². The van der Waals surface area contributed by atoms with Crippen molar-refractivity contribution < 1.29 is 9.18 Å². The number of nitrogens with one attached hydrogen (secondary N) is 2. The molecule has 1 heterocycles. The molecule has 1 aliphatic heterocycles. The maximum absolute atomic E-state index is 13.7. The van der Waals surface area contributed by atoms with Crippen molar-refractivity contribution in [2.75, 3.05) is 6.54 Å². The van der Waals surface area contributed by atoms with E-state index in [2.05, 4.69) is 17.6 Å². The summed E-state index contributed by atoms with van der Waals surface area (Å²) in [4.78, 5) is 12.8. The molecular formula is C20H23Cl2FN2O. The van der Waals surface area contributed by atoms with Gasteiger partial charge in [0.05, 0.1) is 6.04 Å². The Bertz CT molecular complexity index is 711. The van der Waals surface area contributed by atoms with Gasteiger partial charge in [-0.2, -0.15) is 0 Å². The van der Waals surface area contributed by atoms with Gasteiger partial charge in [0.25, 0.3) is 0 Å². The fourth-order valence-electron chi connectivity index (χ4n) is 3.36. The van der Waals surface area contributed by atoms with Crippen LogP contribution in [0.3, 0.4) is 0 Å². The van der Waals surface area contributed by atoms with Crippen molar-refractivity contribution in [1.29, 1.82) is 0 Å². The SMILES string of the molecule is C[C@H]1C[C@@H](C(=O)NC(c2cccc(F)c2)c2cccc(Cl)c2)CCN1.Cl. The number of carbonyl (C=O) groups is 1. The lowest BCUT2D eigenvalue weighted by Crippen LogP contribution is -2.43. The molecule has 3 atom stereocenters. The van der Waals surface area contributed by atoms with Gasteiger partial charge in [0, 0.05) is 17.0 Å². The van der Waals surface area contributed by atoms with Crippen LogP contribution in [0.2, 0.25) is 5.02 Å². The summed E-state index contributed by atoms with van der Waals surface area (Å²) in [5.41, 5.74) is 1.55. The molecule has 0 bridgehead atoms. The van der Waals surface area contributed by atoms with Gasteiger partial charge < -0.3 is 10.6 Å². The Hall–Kier alpha value is -1.62. The highest BCUT2D eigenvalue weighted by molar-refractivity contribution is 6.30. The molecule has 1 fully saturated rings. The second-order valence-corrected chi connectivity index (χ2v) is 7.06. The number of rotatable bonds is 4. The minimum Gasteiger partial charge on any atom is -0.345 e. The van der Waals surface area contributed by atoms with Crippen LogP contribution in [0.25, 0.3) is 0 Å². The van der Waals surface area contributed by atoms with E-state index in [9.17, 15) is 9.18 Å². The first-order valence-corrected chi connectivity index (χ1v) is 8.95. The molecule has 2 aromatic carbocycles. The number of hydrogen-bond acceptors (Lipinski definition) is 2. The molecule has 26 heavy (non-hydrogen) atoms. The van der Waals surface area contributed by atoms with Crippen LogP contribution < -0.4 is 10.6 Å². The predicted molar refractivity (Wildman–Crippen MR) is 105 cm³/mol. The minimum absolute atomic E-state index is 0. The molecule has 6 heteroatoms. The number of benzene rings is 2. The van der Waals surface area contributed by atoms with E-state index < -0.39 is 6.04 Å². The summed E-state index contributed by atoms with van der Waals surface area (Å²) in [7, 11) is 0. The normalized spacial score (nSPS) is 20.7. The second kappa shape index (κ2) is 9.36. The number of hydrogen-bond donors (Lipinski definition) is 2. The molecule has 1 aliphatic rings. The van der Waals surface area contributed by atoms with Crippen LogP contribution in [0.1, 0.15) is 36.9 Å². The summed E-state index contributed by atoms with van der Waals surface area (Å²) in [5.74, 6) is -0.358. The van der Waals surface area contributed by atoms with Crippen molar-refractivity contribution in [1.82, 2.24) is 10.6 Å². The lowest BCUT2D eigenvalue weighted by Gasteiger charge is -2.29. The Morgan fingerprint density at radius 3 is 2.58 bits per heavy atom. The summed E-state index contributed by atoms with van der Waals surface area (Å²) in [5, 5.41) is 7.04. The highest BCUT2D eigenvalue weighted by Gasteiger charge is 2.27. The topological polar surface area (TPSA) is 41.1 Å². The van der Waals surface area contributed by atoms with Crippen LogP contribution in [0.5, 0.6) is 0 Å². The molecule has 140 valence electrons. The van der Waals surface area contributed by atoms with E-state index in [4.69, 9.17) is 11.6 Å². The third-order valence-corrected chi connectivity index (χ3v) is 4.88. The maximum Gasteiger partial charge on any atom is 0.223 e. The number of halogens is 3. The Morgan fingerprint density at radius 2 is 1.92 bits per heavy atom. The van der Waals surface area contributed by atoms with E-state index in [0.717, 1.165) is 24.9 Å². The smallest absolute Gasteiger partial charge is 0.223 e. The lowest BCUT2D eigenvalue weighted by molar-refractivity contribution is -0.126. The molecule has 2 aromatic rings. The van der Waals surface area contributed by atoms with E-state index in [1.165, 1.54) is 12.1 Å². The van der Waals surface area contributed by atoms with Gasteiger partial charge in [-0.3, -0.25) is 4.79 Å². The molecule has 3 rings (SSSR count). The van der Waals surface area contributed by atoms with Gasteiger partial charge in [-0.25, -0.2) is 4.39 Å². The molecule has 2 N–H and O–H groups in total. The van der Waals surface area contributed by atoms with Crippen LogP contribution in [0.15, 0.2) is 48.5 Å². The average Bonchev–Trinajstić information content (AvgIpc) is 2.59. The van der Waals surface area contributed by atoms with Crippen molar-refractivity contribution >= 4 is 29.9 Å². The maximum atomic E-state index is 13.7. The first-order valence-electron chi connectivity index (χ1n) is 8.57. The monoisotopic (exact) mass is 396 g/mol. The zero-order chi connectivity index (χ0) is 17.8. The summed E-state index contributed by atoms with van der Waals surface area (Å²) in [6, 6.07) is 13.5. The van der Waals surface area contributed by atoms with Gasteiger partial charge in [0.2, 0.25) is 5.91 Å². The Labute approximate surface area is 164 Å². The highest BCUT2D eigenvalue weighted by atomic mass is 35.5. The molecule has 0 saturated carbocycles. The molecule has 0 aromatic heterocycles. The first-order chi connectivity index (χ1) is 12.0. The molecule has 1 saturated heterocycles. The summed E-state index contributed by atoms with van der Waals surface area (Å²) < 4.78 is 13.7. The third-order valence-electron chi connectivity index (χ3n) is 4.65. The predicted octanol–water partition coefficient (Wildman–Crippen LogP) is 4.49. The third kappa shape index (κ3) is 5.19. The zero-order valence-electron chi connectivity index (χ0n) is 14.5. The van der Waals surface area contributed by atoms with Gasteiger partial charge in [-0.05, 0) is 61.7 Å². The van der Waals surface area contributed by atoms with E-state index in [-0.39, 0.29) is 30.0 Å². The van der Waals surface area contributed by atoms with E-state index in [1.807, 2.05) is 24.3 Å². The first kappa shape index (κ1) is 20.7. The summed E-state index contributed by atoms with van der Waals surface area (Å²) in [6.45, 7) is 2.92. The summed E-state index contributed by atoms with van der Waals surface area (Å²) in [6.07, 6.45) is 1.61. The Morgan fingerprint density at radius 1 is 1.23 bits per heavy atom. The standard InChI is InChI=1S/C20H22ClFN2O.ClH/c1-13-10-16(8-9-23-13)20(25)24-19(14-4-2-6-17(21)11-14)15-5-3-7-18(22)12-15;/h2-7,11-13,16,19,23H,8-10H2,1H3,(H,24,25);1H/t13-,16-,19?;/m0./s1. The number of carbonyl (C=O) groups excluding carboxylic acids is 1. The van der Waals surface area contributed by atoms with E-state index in [1.54, 1.807) is 12.1 Å². The Kier molecular flexibility index (Phi) is 7.44. The van der Waals surface area contributed by atoms with Crippen molar-refractivity contribution in [3.05, 3.63) is 70.5 Å². The van der Waals surface area contributed by atoms with Crippen molar-refractivity contribution in [2.45, 2.75) is 31.8 Å². The van der Waals surface area contributed by atoms with Gasteiger partial charge >= 0.3 is 0 Å². The Balaban J connectivity index is 0.00000243. The molecule has 1 amide bonds. The van der Waals surface area contributed by atoms with Gasteiger partial charge in [0.15, 0.2) is 0 Å². The van der Waals surface area contributed by atoms with E-state index >= 15 is 0 Å². The number of amides is 1. The van der Waals surface area contributed by atoms with Crippen molar-refractivity contribution in [2.24, 2.45) is 5.92 Å². The summed E-state index contributed by atoms with van der Waals surface area (Å²) >= 11 is 6.12. The minimum atomic E-state index is -0.424. The van der Waals surface area contributed by atoms with Gasteiger partial charge in [0.1, 0.15) is 5.82 Å². The average molecular weight is 397 g/mol. The van der Waals surface area contributed by atoms with Gasteiger partial charge in [-0.1, -0.05) is 35.9 Å². The molecule has 0 spiro atoms. The van der Waals surface area contributed by atoms with Crippen LogP contribution in [-0.2, 0) is 4.79 Å². The van der Waals surface area contributed by atoms with E-state index in [0.29, 0.717) is 16.6 Å². The number of piperidine rings is 1. The van der Waals surface area contributed by atoms with Crippen LogP contribution in [-0.4, -0.2) is 18.5 Å². The van der Waals surface area contributed by atoms with Crippen molar-refractivity contribution in [3.63, 3.8) is 0 Å². The quantitative estimate of drug-likeness (QED) is 0.798. The molecule has 3 nitrogen and oxygen atoms in total. The molecular weight excluding hydrogens is 374 g/mol. The van der Waals surface area contributed by atoms with Crippen LogP contribution >= 0.6 is 24.0 Å². The molecule has 0 aliphatic carbocycles. The van der Waals surface area contributed by atoms with Crippen molar-refractivity contribution in [3.8, 4) is 0 Å². The van der Waals surface area contributed by atoms with Crippen LogP contribution in [0.4, 0.5) is 4.39 Å².